The van der Waals surface area contributed by atoms with Crippen molar-refractivity contribution in [2.75, 3.05) is 4.90 Å². The van der Waals surface area contributed by atoms with Gasteiger partial charge in [-0.25, -0.2) is 0 Å². The minimum Gasteiger partial charge on any atom is -0.455 e. The molecule has 3 aromatic heterocycles. The molecule has 3 heterocycles. The molecule has 0 amide bonds. The van der Waals surface area contributed by atoms with E-state index < -0.39 is 0 Å². The van der Waals surface area contributed by atoms with Crippen LogP contribution in [-0.4, -0.2) is 4.57 Å². The smallest absolute Gasteiger partial charge is 0.145 e. The Kier molecular flexibility index (Phi) is 8.15. The van der Waals surface area contributed by atoms with Crippen LogP contribution in [0.15, 0.2) is 235 Å². The van der Waals surface area contributed by atoms with Crippen molar-refractivity contribution >= 4 is 114 Å². The predicted octanol–water partition coefficient (Wildman–Crippen LogP) is 18.2. The number of fused-ring (bicyclic) bond motifs is 12. The van der Waals surface area contributed by atoms with Gasteiger partial charge in [-0.15, -0.1) is 11.3 Å². The Morgan fingerprint density at radius 3 is 1.79 bits per heavy atom. The number of nitrogens with zero attached hydrogens (tertiary/aromatic N) is 2. The fraction of sp³-hybridized carbons (Fsp3) is 0. The van der Waals surface area contributed by atoms with Gasteiger partial charge in [-0.1, -0.05) is 152 Å². The minimum atomic E-state index is 0.861. The van der Waals surface area contributed by atoms with Crippen molar-refractivity contribution < 1.29 is 4.42 Å². The molecule has 0 spiro atoms. The van der Waals surface area contributed by atoms with E-state index >= 15 is 0 Å². The van der Waals surface area contributed by atoms with Crippen LogP contribution in [-0.2, 0) is 0 Å². The monoisotopic (exact) mass is 858 g/mol. The van der Waals surface area contributed by atoms with Gasteiger partial charge in [-0.2, -0.15) is 0 Å². The Balaban J connectivity index is 1.03. The largest absolute Gasteiger partial charge is 0.455 e. The number of furan rings is 1. The maximum Gasteiger partial charge on any atom is 0.145 e. The number of anilines is 3. The van der Waals surface area contributed by atoms with Crippen LogP contribution in [0.1, 0.15) is 0 Å². The van der Waals surface area contributed by atoms with Crippen molar-refractivity contribution in [3.05, 3.63) is 231 Å². The van der Waals surface area contributed by atoms with Gasteiger partial charge in [0.15, 0.2) is 0 Å². The molecule has 0 bridgehead atoms. The molecule has 0 aliphatic carbocycles. The average Bonchev–Trinajstić information content (AvgIpc) is 4.06. The molecule has 3 nitrogen and oxygen atoms in total. The molecule has 0 saturated heterocycles. The topological polar surface area (TPSA) is 21.3 Å². The summed E-state index contributed by atoms with van der Waals surface area (Å²) in [5.74, 6) is 0. The third-order valence-corrected chi connectivity index (χ3v) is 14.7. The summed E-state index contributed by atoms with van der Waals surface area (Å²) in [6, 6.07) is 84.1. The predicted molar refractivity (Wildman–Crippen MR) is 282 cm³/mol. The second-order valence-corrected chi connectivity index (χ2v) is 18.3. The molecule has 0 saturated carbocycles. The molecule has 0 fully saturated rings. The zero-order chi connectivity index (χ0) is 43.3. The molecule has 308 valence electrons. The molecule has 0 N–H and O–H groups in total. The van der Waals surface area contributed by atoms with Gasteiger partial charge in [0.1, 0.15) is 11.2 Å². The number of para-hydroxylation sites is 3. The van der Waals surface area contributed by atoms with E-state index in [2.05, 4.69) is 240 Å². The molecule has 11 aromatic carbocycles. The van der Waals surface area contributed by atoms with Gasteiger partial charge < -0.3 is 13.9 Å². The number of thiophene rings is 1. The highest BCUT2D eigenvalue weighted by Crippen LogP contribution is 2.50. The molecular formula is C62H38N2OS. The standard InChI is InChI=1S/C62H38N2OS/c1-2-17-45-42(14-1)38-57(47-19-4-3-18-46(45)47)64(44-16-13-15-40(36-44)41-30-35-60-53(37-41)51-23-8-12-27-59(51)66-60)56-34-33-52-50-22-7-11-26-58(50)65-62(52)61(56)39-28-31-43(32-29-39)63-54-24-9-5-20-48(54)49-21-6-10-25-55(49)63/h1-38H. The van der Waals surface area contributed by atoms with Crippen LogP contribution >= 0.6 is 11.3 Å². The molecule has 0 aliphatic rings. The second-order valence-electron chi connectivity index (χ2n) is 17.2. The fourth-order valence-electron chi connectivity index (χ4n) is 10.6. The zero-order valence-corrected chi connectivity index (χ0v) is 36.5. The van der Waals surface area contributed by atoms with Crippen LogP contribution in [0.25, 0.3) is 113 Å². The first-order chi connectivity index (χ1) is 32.7. The molecule has 0 radical (unpaired) electrons. The molecule has 14 aromatic rings. The van der Waals surface area contributed by atoms with Crippen molar-refractivity contribution in [1.82, 2.24) is 4.57 Å². The third kappa shape index (κ3) is 5.62. The lowest BCUT2D eigenvalue weighted by Crippen LogP contribution is -2.12. The van der Waals surface area contributed by atoms with Crippen LogP contribution < -0.4 is 4.90 Å². The first kappa shape index (κ1) is 37.0. The first-order valence-corrected chi connectivity index (χ1v) is 23.3. The van der Waals surface area contributed by atoms with Gasteiger partial charge in [0.05, 0.1) is 22.4 Å². The van der Waals surface area contributed by atoms with Crippen molar-refractivity contribution in [3.8, 4) is 27.9 Å². The molecular weight excluding hydrogens is 821 g/mol. The zero-order valence-electron chi connectivity index (χ0n) is 35.7. The van der Waals surface area contributed by atoms with Crippen molar-refractivity contribution in [1.29, 1.82) is 0 Å². The maximum atomic E-state index is 7.01. The van der Waals surface area contributed by atoms with Crippen LogP contribution in [0.4, 0.5) is 17.1 Å². The van der Waals surface area contributed by atoms with Gasteiger partial charge in [-0.3, -0.25) is 0 Å². The summed E-state index contributed by atoms with van der Waals surface area (Å²) in [6.45, 7) is 0. The van der Waals surface area contributed by atoms with E-state index in [0.29, 0.717) is 0 Å². The molecule has 0 aliphatic heterocycles. The maximum absolute atomic E-state index is 7.01. The van der Waals surface area contributed by atoms with Gasteiger partial charge in [0.2, 0.25) is 0 Å². The van der Waals surface area contributed by atoms with E-state index in [9.17, 15) is 0 Å². The Bertz CT molecular complexity index is 4190. The quantitative estimate of drug-likeness (QED) is 0.155. The van der Waals surface area contributed by atoms with Crippen molar-refractivity contribution in [2.24, 2.45) is 0 Å². The first-order valence-electron chi connectivity index (χ1n) is 22.5. The molecule has 0 unspecified atom stereocenters. The lowest BCUT2D eigenvalue weighted by molar-refractivity contribution is 0.670. The highest BCUT2D eigenvalue weighted by Gasteiger charge is 2.25. The van der Waals surface area contributed by atoms with Gasteiger partial charge in [-0.05, 0) is 112 Å². The summed E-state index contributed by atoms with van der Waals surface area (Å²) in [6.07, 6.45) is 0. The van der Waals surface area contributed by atoms with Crippen LogP contribution in [0.5, 0.6) is 0 Å². The van der Waals surface area contributed by atoms with E-state index in [1.807, 2.05) is 11.3 Å². The highest BCUT2D eigenvalue weighted by molar-refractivity contribution is 7.25. The van der Waals surface area contributed by atoms with Gasteiger partial charge >= 0.3 is 0 Å². The van der Waals surface area contributed by atoms with Crippen molar-refractivity contribution in [2.45, 2.75) is 0 Å². The number of aromatic nitrogens is 1. The number of benzene rings is 11. The molecule has 0 atom stereocenters. The summed E-state index contributed by atoms with van der Waals surface area (Å²) in [5.41, 5.74) is 12.8. The summed E-state index contributed by atoms with van der Waals surface area (Å²) in [5, 5.41) is 12.1. The minimum absolute atomic E-state index is 0.861. The van der Waals surface area contributed by atoms with E-state index in [-0.39, 0.29) is 0 Å². The lowest BCUT2D eigenvalue weighted by Gasteiger charge is -2.30. The Labute approximate surface area is 384 Å². The SMILES string of the molecule is c1cc(-c2ccc3sc4ccccc4c3c2)cc(N(c2ccc3c(oc4ccccc43)c2-c2ccc(-n3c4ccccc4c4ccccc43)cc2)c2cc3ccccc3c3ccccc23)c1. The molecule has 66 heavy (non-hydrogen) atoms. The van der Waals surface area contributed by atoms with Crippen molar-refractivity contribution in [3.63, 3.8) is 0 Å². The number of rotatable bonds is 6. The van der Waals surface area contributed by atoms with E-state index in [1.165, 1.54) is 69.1 Å². The van der Waals surface area contributed by atoms with Gasteiger partial charge in [0, 0.05) is 64.0 Å². The average molecular weight is 859 g/mol. The van der Waals surface area contributed by atoms with Gasteiger partial charge in [0.25, 0.3) is 0 Å². The summed E-state index contributed by atoms with van der Waals surface area (Å²) in [4.78, 5) is 2.47. The Morgan fingerprint density at radius 1 is 0.364 bits per heavy atom. The van der Waals surface area contributed by atoms with E-state index in [4.69, 9.17) is 4.42 Å². The van der Waals surface area contributed by atoms with Crippen LogP contribution in [0.3, 0.4) is 0 Å². The van der Waals surface area contributed by atoms with E-state index in [1.54, 1.807) is 0 Å². The number of hydrogen-bond donors (Lipinski definition) is 0. The lowest BCUT2D eigenvalue weighted by atomic mass is 9.95. The third-order valence-electron chi connectivity index (χ3n) is 13.6. The summed E-state index contributed by atoms with van der Waals surface area (Å²) >= 11 is 1.85. The molecule has 14 rings (SSSR count). The van der Waals surface area contributed by atoms with Crippen LogP contribution in [0.2, 0.25) is 0 Å². The highest BCUT2D eigenvalue weighted by atomic mass is 32.1. The van der Waals surface area contributed by atoms with E-state index in [0.717, 1.165) is 61.4 Å². The fourth-order valence-corrected chi connectivity index (χ4v) is 11.7. The molecule has 4 heteroatoms. The van der Waals surface area contributed by atoms with Crippen LogP contribution in [0, 0.1) is 0 Å². The second kappa shape index (κ2) is 14.5. The Morgan fingerprint density at radius 2 is 0.985 bits per heavy atom. The summed E-state index contributed by atoms with van der Waals surface area (Å²) in [7, 11) is 0. The Hall–Kier alpha value is -8.44. The number of hydrogen-bond acceptors (Lipinski definition) is 3. The summed E-state index contributed by atoms with van der Waals surface area (Å²) < 4.78 is 12.0. The normalized spacial score (nSPS) is 11.9.